The Hall–Kier alpha value is -4.49. The maximum absolute atomic E-state index is 12.5. The molecule has 3 aromatic carbocycles. The van der Waals surface area contributed by atoms with Gasteiger partial charge in [-0.05, 0) is 53.9 Å². The molecule has 14 heteroatoms. The predicted octanol–water partition coefficient (Wildman–Crippen LogP) is 3.91. The number of carboxylic acids is 1. The lowest BCUT2D eigenvalue weighted by atomic mass is 10.1. The van der Waals surface area contributed by atoms with Gasteiger partial charge in [0, 0.05) is 41.0 Å². The number of carbonyl (C=O) groups is 4. The summed E-state index contributed by atoms with van der Waals surface area (Å²) in [5, 5.41) is 16.7. The summed E-state index contributed by atoms with van der Waals surface area (Å²) in [5.74, 6) is -2.22. The number of hydrogen-bond acceptors (Lipinski definition) is 9. The molecule has 2 heterocycles. The van der Waals surface area contributed by atoms with E-state index in [1.54, 1.807) is 66.0 Å². The van der Waals surface area contributed by atoms with Gasteiger partial charge in [0.25, 0.3) is 11.8 Å². The molecule has 1 aromatic heterocycles. The van der Waals surface area contributed by atoms with Gasteiger partial charge in [-0.1, -0.05) is 36.4 Å². The van der Waals surface area contributed by atoms with Crippen molar-refractivity contribution in [3.63, 3.8) is 0 Å². The van der Waals surface area contributed by atoms with Crippen LogP contribution in [0.2, 0.25) is 0 Å². The van der Waals surface area contributed by atoms with Crippen LogP contribution in [0.3, 0.4) is 0 Å². The molecule has 0 aliphatic carbocycles. The number of nitrogens with two attached hydrogens (primary N) is 2. The monoisotopic (exact) mass is 658 g/mol. The Balaban J connectivity index is 0.000000293. The second kappa shape index (κ2) is 17.0. The van der Waals surface area contributed by atoms with Crippen molar-refractivity contribution >= 4 is 76.3 Å². The van der Waals surface area contributed by atoms with E-state index in [0.717, 1.165) is 24.2 Å². The fourth-order valence-corrected chi connectivity index (χ4v) is 4.81. The van der Waals surface area contributed by atoms with Crippen molar-refractivity contribution in [3.8, 4) is 0 Å². The first-order valence-corrected chi connectivity index (χ1v) is 13.9. The van der Waals surface area contributed by atoms with Crippen LogP contribution in [-0.2, 0) is 29.0 Å². The topological polar surface area (TPSA) is 181 Å². The highest BCUT2D eigenvalue weighted by molar-refractivity contribution is 7.13. The number of carbonyl (C=O) groups excluding carboxylic acids is 3. The second-order valence-corrected chi connectivity index (χ2v) is 10.2. The van der Waals surface area contributed by atoms with E-state index in [2.05, 4.69) is 15.6 Å². The van der Waals surface area contributed by atoms with Gasteiger partial charge in [-0.15, -0.1) is 36.2 Å². The number of rotatable bonds is 8. The van der Waals surface area contributed by atoms with Gasteiger partial charge in [-0.3, -0.25) is 29.4 Å². The highest BCUT2D eigenvalue weighted by Gasteiger charge is 2.20. The van der Waals surface area contributed by atoms with E-state index in [1.807, 2.05) is 12.1 Å². The summed E-state index contributed by atoms with van der Waals surface area (Å²) in [4.78, 5) is 52.7. The minimum atomic E-state index is -1.07. The number of nitrogens with one attached hydrogen (secondary N) is 2. The quantitative estimate of drug-likeness (QED) is 0.187. The molecule has 0 saturated heterocycles. The molecule has 0 spiro atoms. The summed E-state index contributed by atoms with van der Waals surface area (Å²) in [5.41, 5.74) is 16.1. The summed E-state index contributed by atoms with van der Waals surface area (Å²) in [7, 11) is 0. The molecule has 44 heavy (non-hydrogen) atoms. The largest absolute Gasteiger partial charge is 0.480 e. The SMILES string of the molecule is Cl.Cl.NCc1cccc(N(CC(=O)O)C(=O)c2ccccc2)c1.Nc1nc(CC(=O)NC(=O)c2ccc3c(c2)NCC3)cs1. The summed E-state index contributed by atoms with van der Waals surface area (Å²) in [6, 6.07) is 21.0. The number of fused-ring (bicyclic) bond motifs is 1. The molecule has 7 N–H and O–H groups in total. The molecule has 0 unspecified atom stereocenters. The second-order valence-electron chi connectivity index (χ2n) is 9.30. The average Bonchev–Trinajstić information content (AvgIpc) is 3.64. The van der Waals surface area contributed by atoms with Gasteiger partial charge < -0.3 is 21.9 Å². The third kappa shape index (κ3) is 9.78. The molecule has 1 aliphatic heterocycles. The summed E-state index contributed by atoms with van der Waals surface area (Å²) < 4.78 is 0. The van der Waals surface area contributed by atoms with E-state index in [9.17, 15) is 19.2 Å². The highest BCUT2D eigenvalue weighted by atomic mass is 35.5. The Bertz CT molecular complexity index is 1600. The standard InChI is InChI=1S/C16H16N2O3.C14H14N4O2S.2ClH/c17-10-12-5-4-8-14(9-12)18(11-15(19)20)16(21)13-6-2-1-3-7-13;15-14-17-10(7-21-14)6-12(19)18-13(20)9-2-1-8-3-4-16-11(8)5-9;;/h1-9H,10-11,17H2,(H,19,20);1-2,5,7,16H,3-4,6H2,(H2,15,17)(H,18,19,20);2*1H. The molecular weight excluding hydrogens is 627 g/mol. The van der Waals surface area contributed by atoms with E-state index >= 15 is 0 Å². The predicted molar refractivity (Wildman–Crippen MR) is 176 cm³/mol. The molecule has 0 radical (unpaired) electrons. The lowest BCUT2D eigenvalue weighted by molar-refractivity contribution is -0.135. The van der Waals surface area contributed by atoms with Crippen LogP contribution in [0.1, 0.15) is 37.5 Å². The number of halogens is 2. The van der Waals surface area contributed by atoms with Crippen molar-refractivity contribution in [3.05, 3.63) is 106 Å². The van der Waals surface area contributed by atoms with Gasteiger partial charge in [0.2, 0.25) is 5.91 Å². The van der Waals surface area contributed by atoms with Crippen molar-refractivity contribution in [1.29, 1.82) is 0 Å². The van der Waals surface area contributed by atoms with E-state index in [1.165, 1.54) is 21.8 Å². The maximum atomic E-state index is 12.5. The summed E-state index contributed by atoms with van der Waals surface area (Å²) in [6.07, 6.45) is 1.00. The van der Waals surface area contributed by atoms with Crippen LogP contribution in [0.4, 0.5) is 16.5 Å². The van der Waals surface area contributed by atoms with Gasteiger partial charge in [-0.2, -0.15) is 0 Å². The summed E-state index contributed by atoms with van der Waals surface area (Å²) in [6.45, 7) is 0.806. The molecule has 11 nitrogen and oxygen atoms in total. The van der Waals surface area contributed by atoms with Crippen molar-refractivity contribution in [2.45, 2.75) is 19.4 Å². The molecule has 5 rings (SSSR count). The number of aliphatic carboxylic acids is 1. The van der Waals surface area contributed by atoms with Crippen LogP contribution < -0.4 is 27.0 Å². The molecule has 0 fully saturated rings. The van der Waals surface area contributed by atoms with E-state index < -0.39 is 24.3 Å². The lowest BCUT2D eigenvalue weighted by Crippen LogP contribution is -2.35. The zero-order valence-corrected chi connectivity index (χ0v) is 25.8. The lowest BCUT2D eigenvalue weighted by Gasteiger charge is -2.21. The number of aromatic nitrogens is 1. The minimum Gasteiger partial charge on any atom is -0.480 e. The van der Waals surface area contributed by atoms with Gasteiger partial charge in [0.15, 0.2) is 5.13 Å². The third-order valence-electron chi connectivity index (χ3n) is 6.26. The van der Waals surface area contributed by atoms with Crippen molar-refractivity contribution in [2.75, 3.05) is 29.0 Å². The molecule has 232 valence electrons. The van der Waals surface area contributed by atoms with Gasteiger partial charge in [-0.25, -0.2) is 4.98 Å². The zero-order chi connectivity index (χ0) is 30.1. The molecule has 1 aliphatic rings. The Kier molecular flexibility index (Phi) is 13.8. The van der Waals surface area contributed by atoms with Gasteiger partial charge in [0.05, 0.1) is 12.1 Å². The first-order chi connectivity index (χ1) is 20.2. The molecule has 0 saturated carbocycles. The highest BCUT2D eigenvalue weighted by Crippen LogP contribution is 2.23. The Morgan fingerprint density at radius 3 is 2.39 bits per heavy atom. The number of benzene rings is 3. The number of imide groups is 1. The number of hydrogen-bond donors (Lipinski definition) is 5. The third-order valence-corrected chi connectivity index (χ3v) is 6.99. The molecule has 0 bridgehead atoms. The van der Waals surface area contributed by atoms with Crippen LogP contribution in [-0.4, -0.2) is 46.9 Å². The van der Waals surface area contributed by atoms with E-state index in [0.29, 0.717) is 34.2 Å². The fourth-order valence-electron chi connectivity index (χ4n) is 4.25. The summed E-state index contributed by atoms with van der Waals surface area (Å²) >= 11 is 1.27. The number of amides is 3. The Labute approximate surface area is 270 Å². The normalized spacial score (nSPS) is 10.8. The van der Waals surface area contributed by atoms with Crippen LogP contribution in [0.15, 0.2) is 78.2 Å². The number of thiazole rings is 1. The molecule has 4 aromatic rings. The minimum absolute atomic E-state index is 0. The van der Waals surface area contributed by atoms with Crippen LogP contribution in [0.25, 0.3) is 0 Å². The van der Waals surface area contributed by atoms with Crippen LogP contribution in [0, 0.1) is 0 Å². The fraction of sp³-hybridized carbons (Fsp3) is 0.167. The molecular formula is C30H32Cl2N6O5S. The number of nitrogen functional groups attached to an aromatic ring is 1. The van der Waals surface area contributed by atoms with E-state index in [-0.39, 0.29) is 37.1 Å². The first kappa shape index (κ1) is 35.7. The smallest absolute Gasteiger partial charge is 0.323 e. The number of anilines is 3. The zero-order valence-electron chi connectivity index (χ0n) is 23.4. The Morgan fingerprint density at radius 1 is 0.977 bits per heavy atom. The number of nitrogens with zero attached hydrogens (tertiary/aromatic N) is 2. The molecule has 3 amide bonds. The van der Waals surface area contributed by atoms with Gasteiger partial charge in [0.1, 0.15) is 6.54 Å². The first-order valence-electron chi connectivity index (χ1n) is 13.0. The van der Waals surface area contributed by atoms with Gasteiger partial charge >= 0.3 is 5.97 Å². The van der Waals surface area contributed by atoms with Crippen LogP contribution >= 0.6 is 36.2 Å². The maximum Gasteiger partial charge on any atom is 0.323 e. The van der Waals surface area contributed by atoms with Crippen molar-refractivity contribution < 1.29 is 24.3 Å². The van der Waals surface area contributed by atoms with Crippen LogP contribution in [0.5, 0.6) is 0 Å². The Morgan fingerprint density at radius 2 is 1.73 bits per heavy atom. The average molecular weight is 660 g/mol. The van der Waals surface area contributed by atoms with E-state index in [4.69, 9.17) is 16.6 Å². The van der Waals surface area contributed by atoms with Crippen molar-refractivity contribution in [2.24, 2.45) is 5.73 Å². The molecule has 0 atom stereocenters. The van der Waals surface area contributed by atoms with Crippen molar-refractivity contribution in [1.82, 2.24) is 10.3 Å². The number of carboxylic acid groups (broad SMARTS) is 1.